The van der Waals surface area contributed by atoms with E-state index in [1.165, 1.54) is 54.7 Å². The maximum absolute atomic E-state index is 5.30. The Kier molecular flexibility index (Phi) is 9.25. The van der Waals surface area contributed by atoms with Gasteiger partial charge in [-0.3, -0.25) is 0 Å². The Balaban J connectivity index is 1.20. The second kappa shape index (κ2) is 15.1. The van der Waals surface area contributed by atoms with E-state index in [9.17, 15) is 0 Å². The predicted octanol–water partition coefficient (Wildman–Crippen LogP) is 15.9. The summed E-state index contributed by atoms with van der Waals surface area (Å²) < 4.78 is 4.89. The second-order valence-electron chi connectivity index (χ2n) is 19.1. The lowest BCUT2D eigenvalue weighted by atomic mass is 9.85. The molecule has 0 saturated carbocycles. The van der Waals surface area contributed by atoms with Crippen molar-refractivity contribution in [2.24, 2.45) is 0 Å². The largest absolute Gasteiger partial charge is 0.309 e. The lowest BCUT2D eigenvalue weighted by Crippen LogP contribution is -2.10. The molecule has 0 atom stereocenters. The van der Waals surface area contributed by atoms with E-state index in [-0.39, 0.29) is 10.8 Å². The molecule has 0 fully saturated rings. The van der Waals surface area contributed by atoms with Crippen LogP contribution in [0.4, 0.5) is 0 Å². The molecule has 310 valence electrons. The molecule has 4 nitrogen and oxygen atoms in total. The van der Waals surface area contributed by atoms with Crippen molar-refractivity contribution in [2.75, 3.05) is 0 Å². The molecule has 64 heavy (non-hydrogen) atoms. The first-order valence-electron chi connectivity index (χ1n) is 22.3. The number of para-hydroxylation sites is 2. The molecule has 0 aliphatic rings. The molecule has 0 saturated heterocycles. The zero-order valence-electron chi connectivity index (χ0n) is 37.3. The van der Waals surface area contributed by atoms with Crippen LogP contribution in [0.5, 0.6) is 0 Å². The molecule has 3 aromatic heterocycles. The molecular weight excluding hydrogens is 777 g/mol. The third-order valence-electron chi connectivity index (χ3n) is 12.9. The monoisotopic (exact) mass is 826 g/mol. The van der Waals surface area contributed by atoms with Gasteiger partial charge in [0, 0.05) is 49.5 Å². The van der Waals surface area contributed by atoms with Crippen molar-refractivity contribution in [1.29, 1.82) is 0 Å². The third-order valence-corrected chi connectivity index (χ3v) is 12.9. The fourth-order valence-electron chi connectivity index (χ4n) is 9.42. The van der Waals surface area contributed by atoms with Crippen molar-refractivity contribution in [1.82, 2.24) is 19.1 Å². The van der Waals surface area contributed by atoms with Crippen LogP contribution in [0.25, 0.3) is 100 Å². The Morgan fingerprint density at radius 1 is 0.344 bits per heavy atom. The topological polar surface area (TPSA) is 35.6 Å². The molecule has 0 spiro atoms. The number of benzene rings is 8. The third kappa shape index (κ3) is 6.78. The van der Waals surface area contributed by atoms with Gasteiger partial charge in [-0.25, -0.2) is 9.97 Å². The zero-order valence-corrected chi connectivity index (χ0v) is 37.3. The Bertz CT molecular complexity index is 3380. The Morgan fingerprint density at radius 2 is 0.844 bits per heavy atom. The first-order valence-corrected chi connectivity index (χ1v) is 22.3. The first-order chi connectivity index (χ1) is 31.0. The minimum Gasteiger partial charge on any atom is -0.309 e. The average Bonchev–Trinajstić information content (AvgIpc) is 3.83. The summed E-state index contributed by atoms with van der Waals surface area (Å²) in [6.07, 6.45) is 0. The molecule has 11 aromatic rings. The summed E-state index contributed by atoms with van der Waals surface area (Å²) in [6.45, 7) is 13.8. The van der Waals surface area contributed by atoms with Gasteiger partial charge in [0.2, 0.25) is 0 Å². The maximum Gasteiger partial charge on any atom is 0.160 e. The molecule has 8 aromatic carbocycles. The van der Waals surface area contributed by atoms with Gasteiger partial charge in [0.05, 0.1) is 39.1 Å². The highest BCUT2D eigenvalue weighted by Crippen LogP contribution is 2.42. The molecule has 0 aliphatic carbocycles. The normalized spacial score (nSPS) is 12.2. The number of nitrogens with zero attached hydrogens (tertiary/aromatic N) is 4. The quantitative estimate of drug-likeness (QED) is 0.167. The predicted molar refractivity (Wildman–Crippen MR) is 270 cm³/mol. The summed E-state index contributed by atoms with van der Waals surface area (Å²) in [4.78, 5) is 10.4. The van der Waals surface area contributed by atoms with Gasteiger partial charge in [0.25, 0.3) is 0 Å². The first kappa shape index (κ1) is 39.3. The van der Waals surface area contributed by atoms with E-state index in [0.29, 0.717) is 5.82 Å². The summed E-state index contributed by atoms with van der Waals surface area (Å²) in [7, 11) is 0. The smallest absolute Gasteiger partial charge is 0.160 e. The Labute approximate surface area is 375 Å². The maximum atomic E-state index is 5.30. The molecule has 4 heteroatoms. The summed E-state index contributed by atoms with van der Waals surface area (Å²) in [5.41, 5.74) is 16.6. The number of hydrogen-bond donors (Lipinski definition) is 0. The van der Waals surface area contributed by atoms with E-state index >= 15 is 0 Å². The van der Waals surface area contributed by atoms with Crippen LogP contribution in [0, 0.1) is 0 Å². The van der Waals surface area contributed by atoms with Crippen molar-refractivity contribution >= 4 is 43.6 Å². The highest BCUT2D eigenvalue weighted by atomic mass is 15.0. The fourth-order valence-corrected chi connectivity index (χ4v) is 9.42. The van der Waals surface area contributed by atoms with Crippen LogP contribution in [0.15, 0.2) is 194 Å². The van der Waals surface area contributed by atoms with Gasteiger partial charge < -0.3 is 9.13 Å². The van der Waals surface area contributed by atoms with Crippen LogP contribution in [0.1, 0.15) is 52.7 Å². The van der Waals surface area contributed by atoms with Crippen molar-refractivity contribution < 1.29 is 0 Å². The second-order valence-corrected chi connectivity index (χ2v) is 19.1. The van der Waals surface area contributed by atoms with E-state index in [0.717, 1.165) is 50.6 Å². The summed E-state index contributed by atoms with van der Waals surface area (Å²) >= 11 is 0. The molecule has 0 unspecified atom stereocenters. The van der Waals surface area contributed by atoms with Crippen LogP contribution in [0.3, 0.4) is 0 Å². The highest BCUT2D eigenvalue weighted by molar-refractivity contribution is 6.11. The number of aromatic nitrogens is 4. The van der Waals surface area contributed by atoms with Gasteiger partial charge in [-0.05, 0) is 94.3 Å². The molecule has 0 bridgehead atoms. The molecule has 3 heterocycles. The lowest BCUT2D eigenvalue weighted by Gasteiger charge is -2.20. The number of rotatable bonds is 6. The standard InChI is InChI=1S/C60H50N4/c1-59(2,3)43-29-32-56-49(36-43)50-37-44(60(4,5)6)30-33-57(50)64(56)55-31-28-42(52-38-51(39-18-9-7-10-19-39)61-58(62-52)40-20-11-8-12-21-40)35-48(55)41-22-17-23-45(34-41)63-53-26-15-13-24-46(53)47-25-14-16-27-54(47)63/h7-38H,1-6H3. The van der Waals surface area contributed by atoms with Crippen LogP contribution >= 0.6 is 0 Å². The summed E-state index contributed by atoms with van der Waals surface area (Å²) in [5.74, 6) is 0.697. The minimum atomic E-state index is -0.000937. The van der Waals surface area contributed by atoms with Gasteiger partial charge >= 0.3 is 0 Å². The highest BCUT2D eigenvalue weighted by Gasteiger charge is 2.23. The number of hydrogen-bond acceptors (Lipinski definition) is 2. The minimum absolute atomic E-state index is 0.000937. The van der Waals surface area contributed by atoms with Crippen molar-refractivity contribution in [2.45, 2.75) is 52.4 Å². The van der Waals surface area contributed by atoms with Crippen molar-refractivity contribution in [3.63, 3.8) is 0 Å². The molecule has 11 rings (SSSR count). The van der Waals surface area contributed by atoms with Crippen molar-refractivity contribution in [3.8, 4) is 56.4 Å². The number of fused-ring (bicyclic) bond motifs is 6. The van der Waals surface area contributed by atoms with Gasteiger partial charge in [0.15, 0.2) is 5.82 Å². The van der Waals surface area contributed by atoms with Crippen LogP contribution in [-0.2, 0) is 10.8 Å². The Morgan fingerprint density at radius 3 is 1.42 bits per heavy atom. The molecule has 0 aliphatic heterocycles. The van der Waals surface area contributed by atoms with E-state index in [4.69, 9.17) is 9.97 Å². The van der Waals surface area contributed by atoms with E-state index in [2.05, 4.69) is 221 Å². The SMILES string of the molecule is CC(C)(C)c1ccc2c(c1)c1cc(C(C)(C)C)ccc1n2-c1ccc(-c2cc(-c3ccccc3)nc(-c3ccccc3)n2)cc1-c1cccc(-n2c3ccccc3c3ccccc32)c1. The van der Waals surface area contributed by atoms with Crippen molar-refractivity contribution in [3.05, 3.63) is 205 Å². The zero-order chi connectivity index (χ0) is 43.7. The summed E-state index contributed by atoms with van der Waals surface area (Å²) in [6, 6.07) is 70.4. The molecule has 0 amide bonds. The van der Waals surface area contributed by atoms with Gasteiger partial charge in [-0.15, -0.1) is 0 Å². The van der Waals surface area contributed by atoms with E-state index < -0.39 is 0 Å². The van der Waals surface area contributed by atoms with Gasteiger partial charge in [0.1, 0.15) is 0 Å². The van der Waals surface area contributed by atoms with Crippen LogP contribution in [0.2, 0.25) is 0 Å². The van der Waals surface area contributed by atoms with E-state index in [1.807, 2.05) is 24.3 Å². The fraction of sp³-hybridized carbons (Fsp3) is 0.133. The van der Waals surface area contributed by atoms with Crippen LogP contribution < -0.4 is 0 Å². The van der Waals surface area contributed by atoms with E-state index in [1.54, 1.807) is 0 Å². The average molecular weight is 827 g/mol. The molecule has 0 N–H and O–H groups in total. The van der Waals surface area contributed by atoms with Crippen LogP contribution in [-0.4, -0.2) is 19.1 Å². The Hall–Kier alpha value is -7.56. The molecule has 0 radical (unpaired) electrons. The molecular formula is C60H50N4. The van der Waals surface area contributed by atoms with Gasteiger partial charge in [-0.2, -0.15) is 0 Å². The lowest BCUT2D eigenvalue weighted by molar-refractivity contribution is 0.590. The summed E-state index contributed by atoms with van der Waals surface area (Å²) in [5, 5.41) is 5.01. The van der Waals surface area contributed by atoms with Gasteiger partial charge in [-0.1, -0.05) is 169 Å².